The van der Waals surface area contributed by atoms with E-state index in [2.05, 4.69) is 10.6 Å². The Morgan fingerprint density at radius 1 is 1.07 bits per heavy atom. The van der Waals surface area contributed by atoms with Crippen LogP contribution in [0.2, 0.25) is 0 Å². The summed E-state index contributed by atoms with van der Waals surface area (Å²) in [5.41, 5.74) is -0.346. The summed E-state index contributed by atoms with van der Waals surface area (Å²) in [7, 11) is 0. The van der Waals surface area contributed by atoms with Gasteiger partial charge in [-0.15, -0.1) is 11.3 Å². The predicted octanol–water partition coefficient (Wildman–Crippen LogP) is 3.10. The quantitative estimate of drug-likeness (QED) is 0.594. The standard InChI is InChI=1S/C21H22N2O3S/c1-14(15-8-4-3-5-9-15)23-20(25)19(24)22-13-21(2,26)18-12-16-10-6-7-11-17(16)27-18/h3-12,14,26H,13H2,1-2H3,(H,22,24)(H,23,25)/t14-,21+/m0/s1. The van der Waals surface area contributed by atoms with Crippen LogP contribution in [0.3, 0.4) is 0 Å². The zero-order valence-electron chi connectivity index (χ0n) is 15.2. The molecule has 1 aromatic heterocycles. The van der Waals surface area contributed by atoms with Crippen molar-refractivity contribution in [1.82, 2.24) is 10.6 Å². The summed E-state index contributed by atoms with van der Waals surface area (Å²) in [6, 6.07) is 18.9. The first-order valence-corrected chi connectivity index (χ1v) is 9.53. The first kappa shape index (κ1) is 19.1. The molecule has 0 bridgehead atoms. The van der Waals surface area contributed by atoms with E-state index in [0.29, 0.717) is 0 Å². The maximum absolute atomic E-state index is 12.1. The van der Waals surface area contributed by atoms with Gasteiger partial charge in [0.15, 0.2) is 0 Å². The number of hydrogen-bond acceptors (Lipinski definition) is 4. The molecule has 27 heavy (non-hydrogen) atoms. The second-order valence-corrected chi connectivity index (χ2v) is 7.79. The Hall–Kier alpha value is -2.70. The van der Waals surface area contributed by atoms with Crippen molar-refractivity contribution in [2.24, 2.45) is 0 Å². The number of rotatable bonds is 5. The van der Waals surface area contributed by atoms with E-state index in [0.717, 1.165) is 20.5 Å². The highest BCUT2D eigenvalue weighted by Crippen LogP contribution is 2.32. The highest BCUT2D eigenvalue weighted by Gasteiger charge is 2.27. The minimum absolute atomic E-state index is 0.0498. The molecule has 2 atom stereocenters. The lowest BCUT2D eigenvalue weighted by atomic mass is 10.0. The molecule has 0 radical (unpaired) electrons. The Bertz CT molecular complexity index is 917. The van der Waals surface area contributed by atoms with Gasteiger partial charge in [-0.25, -0.2) is 0 Å². The first-order valence-electron chi connectivity index (χ1n) is 8.72. The topological polar surface area (TPSA) is 78.4 Å². The largest absolute Gasteiger partial charge is 0.383 e. The van der Waals surface area contributed by atoms with Gasteiger partial charge in [0.2, 0.25) is 0 Å². The Kier molecular flexibility index (Phi) is 5.58. The van der Waals surface area contributed by atoms with Gasteiger partial charge >= 0.3 is 11.8 Å². The smallest absolute Gasteiger partial charge is 0.309 e. The molecule has 0 aliphatic rings. The van der Waals surface area contributed by atoms with E-state index in [9.17, 15) is 14.7 Å². The van der Waals surface area contributed by atoms with Gasteiger partial charge in [-0.1, -0.05) is 48.5 Å². The molecule has 0 saturated heterocycles. The van der Waals surface area contributed by atoms with E-state index < -0.39 is 17.4 Å². The summed E-state index contributed by atoms with van der Waals surface area (Å²) in [4.78, 5) is 25.0. The Labute approximate surface area is 162 Å². The van der Waals surface area contributed by atoms with Crippen molar-refractivity contribution in [2.45, 2.75) is 25.5 Å². The summed E-state index contributed by atoms with van der Waals surface area (Å²) in [5, 5.41) is 17.0. The molecule has 5 nitrogen and oxygen atoms in total. The molecule has 0 fully saturated rings. The molecule has 0 unspecified atom stereocenters. The van der Waals surface area contributed by atoms with Crippen molar-refractivity contribution in [3.05, 3.63) is 71.1 Å². The van der Waals surface area contributed by atoms with Gasteiger partial charge in [-0.2, -0.15) is 0 Å². The summed E-state index contributed by atoms with van der Waals surface area (Å²) < 4.78 is 1.06. The van der Waals surface area contributed by atoms with Crippen LogP contribution in [0.15, 0.2) is 60.7 Å². The van der Waals surface area contributed by atoms with Crippen molar-refractivity contribution >= 4 is 33.2 Å². The molecule has 2 amide bonds. The van der Waals surface area contributed by atoms with Crippen LogP contribution in [0.4, 0.5) is 0 Å². The fourth-order valence-corrected chi connectivity index (χ4v) is 3.86. The zero-order valence-corrected chi connectivity index (χ0v) is 16.0. The highest BCUT2D eigenvalue weighted by atomic mass is 32.1. The van der Waals surface area contributed by atoms with E-state index >= 15 is 0 Å². The molecule has 1 heterocycles. The molecule has 2 aromatic carbocycles. The van der Waals surface area contributed by atoms with Crippen molar-refractivity contribution in [2.75, 3.05) is 6.54 Å². The third kappa shape index (κ3) is 4.53. The van der Waals surface area contributed by atoms with Crippen molar-refractivity contribution < 1.29 is 14.7 Å². The molecular weight excluding hydrogens is 360 g/mol. The fraction of sp³-hybridized carbons (Fsp3) is 0.238. The Morgan fingerprint density at radius 2 is 1.74 bits per heavy atom. The van der Waals surface area contributed by atoms with Crippen LogP contribution >= 0.6 is 11.3 Å². The van der Waals surface area contributed by atoms with Gasteiger partial charge in [0, 0.05) is 9.58 Å². The second-order valence-electron chi connectivity index (χ2n) is 6.71. The molecule has 3 N–H and O–H groups in total. The van der Waals surface area contributed by atoms with Gasteiger partial charge in [-0.05, 0) is 36.9 Å². The third-order valence-electron chi connectivity index (χ3n) is 4.40. The molecule has 3 aromatic rings. The lowest BCUT2D eigenvalue weighted by Gasteiger charge is -2.22. The van der Waals surface area contributed by atoms with E-state index in [-0.39, 0.29) is 12.6 Å². The molecule has 140 valence electrons. The molecule has 6 heteroatoms. The average molecular weight is 382 g/mol. The Morgan fingerprint density at radius 3 is 2.44 bits per heavy atom. The van der Waals surface area contributed by atoms with Crippen LogP contribution in [0.5, 0.6) is 0 Å². The maximum Gasteiger partial charge on any atom is 0.309 e. The van der Waals surface area contributed by atoms with E-state index in [4.69, 9.17) is 0 Å². The Balaban J connectivity index is 1.59. The minimum atomic E-state index is -1.26. The van der Waals surface area contributed by atoms with E-state index in [1.807, 2.05) is 67.6 Å². The van der Waals surface area contributed by atoms with Crippen LogP contribution in [0.1, 0.15) is 30.3 Å². The first-order chi connectivity index (χ1) is 12.9. The zero-order chi connectivity index (χ0) is 19.4. The number of benzene rings is 2. The highest BCUT2D eigenvalue weighted by molar-refractivity contribution is 7.19. The van der Waals surface area contributed by atoms with Crippen LogP contribution < -0.4 is 10.6 Å². The lowest BCUT2D eigenvalue weighted by Crippen LogP contribution is -2.45. The van der Waals surface area contributed by atoms with Gasteiger partial charge in [0.25, 0.3) is 0 Å². The van der Waals surface area contributed by atoms with E-state index in [1.165, 1.54) is 11.3 Å². The molecule has 0 spiro atoms. The summed E-state index contributed by atoms with van der Waals surface area (Å²) in [6.45, 7) is 3.39. The third-order valence-corrected chi connectivity index (χ3v) is 5.77. The van der Waals surface area contributed by atoms with Gasteiger partial charge in [0.1, 0.15) is 5.60 Å². The van der Waals surface area contributed by atoms with Gasteiger partial charge in [0.05, 0.1) is 12.6 Å². The molecule has 0 aliphatic carbocycles. The normalized spacial score (nSPS) is 14.3. The summed E-state index contributed by atoms with van der Waals surface area (Å²) >= 11 is 1.47. The number of fused-ring (bicyclic) bond motifs is 1. The molecule has 0 aliphatic heterocycles. The molecule has 3 rings (SSSR count). The van der Waals surface area contributed by atoms with Crippen LogP contribution in [0, 0.1) is 0 Å². The lowest BCUT2D eigenvalue weighted by molar-refractivity contribution is -0.140. The van der Waals surface area contributed by atoms with Crippen molar-refractivity contribution in [3.8, 4) is 0 Å². The SMILES string of the molecule is C[C@H](NC(=O)C(=O)NC[C@@](C)(O)c1cc2ccccc2s1)c1ccccc1. The van der Waals surface area contributed by atoms with Crippen molar-refractivity contribution in [3.63, 3.8) is 0 Å². The van der Waals surface area contributed by atoms with Gasteiger partial charge in [-0.3, -0.25) is 9.59 Å². The van der Waals surface area contributed by atoms with Crippen LogP contribution in [0.25, 0.3) is 10.1 Å². The van der Waals surface area contributed by atoms with Crippen LogP contribution in [-0.2, 0) is 15.2 Å². The second kappa shape index (κ2) is 7.90. The fourth-order valence-electron chi connectivity index (χ4n) is 2.75. The molecular formula is C21H22N2O3S. The average Bonchev–Trinajstić information content (AvgIpc) is 3.12. The van der Waals surface area contributed by atoms with Gasteiger partial charge < -0.3 is 15.7 Å². The summed E-state index contributed by atoms with van der Waals surface area (Å²) in [5.74, 6) is -1.49. The number of carbonyl (C=O) groups excluding carboxylic acids is 2. The number of carbonyl (C=O) groups is 2. The minimum Gasteiger partial charge on any atom is -0.383 e. The number of thiophene rings is 1. The van der Waals surface area contributed by atoms with E-state index in [1.54, 1.807) is 6.92 Å². The predicted molar refractivity (Wildman–Crippen MR) is 107 cm³/mol. The summed E-state index contributed by atoms with van der Waals surface area (Å²) in [6.07, 6.45) is 0. The number of amides is 2. The number of nitrogens with one attached hydrogen (secondary N) is 2. The number of hydrogen-bond donors (Lipinski definition) is 3. The maximum atomic E-state index is 12.1. The molecule has 0 saturated carbocycles. The number of aliphatic hydroxyl groups is 1. The monoisotopic (exact) mass is 382 g/mol. The van der Waals surface area contributed by atoms with Crippen molar-refractivity contribution in [1.29, 1.82) is 0 Å². The van der Waals surface area contributed by atoms with Crippen LogP contribution in [-0.4, -0.2) is 23.5 Å².